The Kier molecular flexibility index (Phi) is 3.06. The highest BCUT2D eigenvalue weighted by Gasteiger charge is 2.50. The lowest BCUT2D eigenvalue weighted by atomic mass is 9.78. The SMILES string of the molecule is Cc1ccc(C(N)(C(=O)O)C(C)(C)F)cc1. The van der Waals surface area contributed by atoms with Crippen molar-refractivity contribution in [3.63, 3.8) is 0 Å². The highest BCUT2D eigenvalue weighted by molar-refractivity contribution is 5.82. The summed E-state index contributed by atoms with van der Waals surface area (Å²) in [6, 6.07) is 6.52. The van der Waals surface area contributed by atoms with Gasteiger partial charge in [0.2, 0.25) is 0 Å². The van der Waals surface area contributed by atoms with E-state index < -0.39 is 17.2 Å². The first-order valence-electron chi connectivity index (χ1n) is 4.98. The Labute approximate surface area is 94.1 Å². The minimum Gasteiger partial charge on any atom is -0.480 e. The number of aliphatic carboxylic acids is 1. The van der Waals surface area contributed by atoms with Crippen molar-refractivity contribution in [3.05, 3.63) is 35.4 Å². The number of carboxylic acid groups (broad SMARTS) is 1. The molecule has 0 aliphatic rings. The number of rotatable bonds is 3. The van der Waals surface area contributed by atoms with Crippen molar-refractivity contribution in [1.82, 2.24) is 0 Å². The van der Waals surface area contributed by atoms with Crippen LogP contribution in [0.5, 0.6) is 0 Å². The number of benzene rings is 1. The van der Waals surface area contributed by atoms with Crippen LogP contribution in [0, 0.1) is 6.92 Å². The molecule has 1 rings (SSSR count). The molecule has 1 aromatic carbocycles. The zero-order valence-electron chi connectivity index (χ0n) is 9.62. The Morgan fingerprint density at radius 2 is 1.75 bits per heavy atom. The van der Waals surface area contributed by atoms with Crippen molar-refractivity contribution in [1.29, 1.82) is 0 Å². The Hall–Kier alpha value is -1.42. The van der Waals surface area contributed by atoms with Crippen LogP contribution in [0.1, 0.15) is 25.0 Å². The van der Waals surface area contributed by atoms with Crippen LogP contribution in [0.3, 0.4) is 0 Å². The smallest absolute Gasteiger partial charge is 0.331 e. The maximum atomic E-state index is 14.0. The van der Waals surface area contributed by atoms with Gasteiger partial charge in [-0.1, -0.05) is 29.8 Å². The summed E-state index contributed by atoms with van der Waals surface area (Å²) in [5, 5.41) is 9.13. The molecule has 0 aliphatic heterocycles. The summed E-state index contributed by atoms with van der Waals surface area (Å²) in [5.41, 5.74) is 2.87. The minimum absolute atomic E-state index is 0.262. The van der Waals surface area contributed by atoms with Gasteiger partial charge >= 0.3 is 5.97 Å². The third-order valence-electron chi connectivity index (χ3n) is 2.78. The normalized spacial score (nSPS) is 15.6. The quantitative estimate of drug-likeness (QED) is 0.826. The average Bonchev–Trinajstić information content (AvgIpc) is 2.15. The molecule has 0 fully saturated rings. The predicted octanol–water partition coefficient (Wildman–Crippen LogP) is 1.98. The summed E-state index contributed by atoms with van der Waals surface area (Å²) in [7, 11) is 0. The molecular formula is C12H16FNO2. The fourth-order valence-corrected chi connectivity index (χ4v) is 1.54. The first kappa shape index (κ1) is 12.6. The van der Waals surface area contributed by atoms with Crippen molar-refractivity contribution < 1.29 is 14.3 Å². The van der Waals surface area contributed by atoms with Gasteiger partial charge < -0.3 is 10.8 Å². The fourth-order valence-electron chi connectivity index (χ4n) is 1.54. The number of hydrogen-bond acceptors (Lipinski definition) is 2. The third kappa shape index (κ3) is 1.93. The summed E-state index contributed by atoms with van der Waals surface area (Å²) in [6.45, 7) is 4.20. The van der Waals surface area contributed by atoms with Crippen LogP contribution in [0.4, 0.5) is 4.39 Å². The lowest BCUT2D eigenvalue weighted by molar-refractivity contribution is -0.149. The average molecular weight is 225 g/mol. The van der Waals surface area contributed by atoms with E-state index in [1.807, 2.05) is 6.92 Å². The molecule has 1 unspecified atom stereocenters. The van der Waals surface area contributed by atoms with Gasteiger partial charge in [0.05, 0.1) is 0 Å². The van der Waals surface area contributed by atoms with Crippen LogP contribution in [-0.2, 0) is 10.3 Å². The molecule has 0 saturated carbocycles. The second kappa shape index (κ2) is 3.87. The van der Waals surface area contributed by atoms with Gasteiger partial charge in [-0.2, -0.15) is 0 Å². The molecule has 0 aliphatic carbocycles. The standard InChI is InChI=1S/C12H16FNO2/c1-8-4-6-9(7-5-8)12(14,10(15)16)11(2,3)13/h4-7H,14H2,1-3H3,(H,15,16). The van der Waals surface area contributed by atoms with E-state index >= 15 is 0 Å². The van der Waals surface area contributed by atoms with E-state index in [1.165, 1.54) is 13.8 Å². The number of hydrogen-bond donors (Lipinski definition) is 2. The third-order valence-corrected chi connectivity index (χ3v) is 2.78. The maximum Gasteiger partial charge on any atom is 0.331 e. The van der Waals surface area contributed by atoms with Gasteiger partial charge in [0.1, 0.15) is 5.67 Å². The lowest BCUT2D eigenvalue weighted by Crippen LogP contribution is -2.57. The molecule has 0 amide bonds. The summed E-state index contributed by atoms with van der Waals surface area (Å²) in [4.78, 5) is 11.2. The minimum atomic E-state index is -2.05. The van der Waals surface area contributed by atoms with E-state index in [-0.39, 0.29) is 5.56 Å². The first-order chi connectivity index (χ1) is 7.19. The molecule has 4 heteroatoms. The van der Waals surface area contributed by atoms with Gasteiger partial charge in [-0.25, -0.2) is 9.18 Å². The molecule has 0 saturated heterocycles. The van der Waals surface area contributed by atoms with Crippen LogP contribution in [-0.4, -0.2) is 16.7 Å². The molecule has 88 valence electrons. The summed E-state index contributed by atoms with van der Waals surface area (Å²) < 4.78 is 14.0. The van der Waals surface area contributed by atoms with Crippen molar-refractivity contribution in [2.24, 2.45) is 5.73 Å². The lowest BCUT2D eigenvalue weighted by Gasteiger charge is -2.34. The number of nitrogens with two attached hydrogens (primary N) is 1. The van der Waals surface area contributed by atoms with Crippen LogP contribution >= 0.6 is 0 Å². The second-order valence-corrected chi connectivity index (χ2v) is 4.45. The monoisotopic (exact) mass is 225 g/mol. The van der Waals surface area contributed by atoms with Crippen LogP contribution in [0.15, 0.2) is 24.3 Å². The Balaban J connectivity index is 3.34. The number of carbonyl (C=O) groups is 1. The number of aryl methyl sites for hydroxylation is 1. The van der Waals surface area contributed by atoms with Gasteiger partial charge in [-0.05, 0) is 26.3 Å². The summed E-state index contributed by atoms with van der Waals surface area (Å²) in [6.07, 6.45) is 0. The van der Waals surface area contributed by atoms with Crippen LogP contribution in [0.2, 0.25) is 0 Å². The highest BCUT2D eigenvalue weighted by atomic mass is 19.1. The largest absolute Gasteiger partial charge is 0.480 e. The predicted molar refractivity (Wildman–Crippen MR) is 59.9 cm³/mol. The molecule has 0 bridgehead atoms. The van der Waals surface area contributed by atoms with Crippen molar-refractivity contribution in [2.45, 2.75) is 32.0 Å². The van der Waals surface area contributed by atoms with Crippen molar-refractivity contribution >= 4 is 5.97 Å². The van der Waals surface area contributed by atoms with Gasteiger partial charge in [-0.15, -0.1) is 0 Å². The molecule has 1 atom stereocenters. The van der Waals surface area contributed by atoms with E-state index in [0.717, 1.165) is 5.56 Å². The van der Waals surface area contributed by atoms with Crippen LogP contribution < -0.4 is 5.73 Å². The summed E-state index contributed by atoms with van der Waals surface area (Å²) >= 11 is 0. The zero-order valence-corrected chi connectivity index (χ0v) is 9.62. The Morgan fingerprint density at radius 3 is 2.06 bits per heavy atom. The van der Waals surface area contributed by atoms with Gasteiger partial charge in [0.15, 0.2) is 5.54 Å². The van der Waals surface area contributed by atoms with E-state index in [2.05, 4.69) is 0 Å². The molecule has 0 heterocycles. The summed E-state index contributed by atoms with van der Waals surface area (Å²) in [5.74, 6) is -1.37. The first-order valence-corrected chi connectivity index (χ1v) is 4.98. The fraction of sp³-hybridized carbons (Fsp3) is 0.417. The maximum absolute atomic E-state index is 14.0. The van der Waals surface area contributed by atoms with E-state index in [9.17, 15) is 9.18 Å². The molecule has 0 aromatic heterocycles. The van der Waals surface area contributed by atoms with Crippen LogP contribution in [0.25, 0.3) is 0 Å². The number of carboxylic acids is 1. The van der Waals surface area contributed by atoms with Gasteiger partial charge in [0, 0.05) is 0 Å². The van der Waals surface area contributed by atoms with Gasteiger partial charge in [0.25, 0.3) is 0 Å². The molecule has 0 radical (unpaired) electrons. The topological polar surface area (TPSA) is 63.3 Å². The molecule has 0 spiro atoms. The molecule has 3 nitrogen and oxygen atoms in total. The van der Waals surface area contributed by atoms with Crippen molar-refractivity contribution in [3.8, 4) is 0 Å². The van der Waals surface area contributed by atoms with E-state index in [4.69, 9.17) is 10.8 Å². The number of halogens is 1. The molecular weight excluding hydrogens is 209 g/mol. The van der Waals surface area contributed by atoms with Crippen molar-refractivity contribution in [2.75, 3.05) is 0 Å². The molecule has 1 aromatic rings. The zero-order chi connectivity index (χ0) is 12.6. The van der Waals surface area contributed by atoms with Gasteiger partial charge in [-0.3, -0.25) is 0 Å². The molecule has 3 N–H and O–H groups in total. The van der Waals surface area contributed by atoms with E-state index in [1.54, 1.807) is 24.3 Å². The van der Waals surface area contributed by atoms with E-state index in [0.29, 0.717) is 0 Å². The Morgan fingerprint density at radius 1 is 1.31 bits per heavy atom. The number of alkyl halides is 1. The highest BCUT2D eigenvalue weighted by Crippen LogP contribution is 2.33. The molecule has 16 heavy (non-hydrogen) atoms. The second-order valence-electron chi connectivity index (χ2n) is 4.45. The Bertz CT molecular complexity index is 394.